The van der Waals surface area contributed by atoms with Crippen LogP contribution in [0.3, 0.4) is 0 Å². The van der Waals surface area contributed by atoms with E-state index >= 15 is 0 Å². The van der Waals surface area contributed by atoms with Crippen molar-refractivity contribution >= 4 is 11.7 Å². The van der Waals surface area contributed by atoms with Crippen molar-refractivity contribution in [3.63, 3.8) is 0 Å². The van der Waals surface area contributed by atoms with Gasteiger partial charge in [0.15, 0.2) is 17.3 Å². The molecule has 0 radical (unpaired) electrons. The summed E-state index contributed by atoms with van der Waals surface area (Å²) in [5.74, 6) is -2.35. The fourth-order valence-electron chi connectivity index (χ4n) is 1.81. The second-order valence-electron chi connectivity index (χ2n) is 4.07. The van der Waals surface area contributed by atoms with Crippen molar-refractivity contribution in [1.82, 2.24) is 4.98 Å². The number of methoxy groups -OCH3 is 2. The topological polar surface area (TPSA) is 74.4 Å². The minimum atomic E-state index is -0.855. The smallest absolute Gasteiger partial charge is 0.360 e. The number of nitrogen functional groups attached to an aromatic ring is 1. The molecule has 2 aromatic rings. The molecule has 0 saturated carbocycles. The Morgan fingerprint density at radius 3 is 2.33 bits per heavy atom. The number of hydrogen-bond donors (Lipinski definition) is 1. The van der Waals surface area contributed by atoms with Gasteiger partial charge in [0, 0.05) is 5.56 Å². The van der Waals surface area contributed by atoms with Crippen LogP contribution in [0.4, 0.5) is 14.5 Å². The number of ether oxygens (including phenoxy) is 2. The summed E-state index contributed by atoms with van der Waals surface area (Å²) in [5.41, 5.74) is 5.10. The molecule has 0 atom stereocenters. The first kappa shape index (κ1) is 14.7. The van der Waals surface area contributed by atoms with Crippen LogP contribution in [0, 0.1) is 11.6 Å². The number of hydrogen-bond acceptors (Lipinski definition) is 5. The molecule has 2 N–H and O–H groups in total. The molecule has 110 valence electrons. The van der Waals surface area contributed by atoms with Crippen LogP contribution in [0.1, 0.15) is 10.5 Å². The summed E-state index contributed by atoms with van der Waals surface area (Å²) in [7, 11) is 2.39. The van der Waals surface area contributed by atoms with Crippen molar-refractivity contribution in [3.05, 3.63) is 41.6 Å². The van der Waals surface area contributed by atoms with E-state index in [1.807, 2.05) is 0 Å². The highest BCUT2D eigenvalue weighted by molar-refractivity contribution is 5.93. The van der Waals surface area contributed by atoms with Gasteiger partial charge in [-0.15, -0.1) is 0 Å². The summed E-state index contributed by atoms with van der Waals surface area (Å²) >= 11 is 0. The molecule has 7 heteroatoms. The number of anilines is 1. The fraction of sp³-hybridized carbons (Fsp3) is 0.143. The molecule has 0 unspecified atom stereocenters. The van der Waals surface area contributed by atoms with Gasteiger partial charge >= 0.3 is 5.97 Å². The zero-order valence-electron chi connectivity index (χ0n) is 11.3. The number of halogens is 2. The van der Waals surface area contributed by atoms with Gasteiger partial charge in [0.1, 0.15) is 17.2 Å². The maximum absolute atomic E-state index is 14.3. The van der Waals surface area contributed by atoms with Crippen molar-refractivity contribution in [3.8, 4) is 17.0 Å². The Bertz CT molecular complexity index is 688. The Morgan fingerprint density at radius 2 is 1.81 bits per heavy atom. The van der Waals surface area contributed by atoms with Crippen LogP contribution < -0.4 is 10.5 Å². The molecular weight excluding hydrogens is 282 g/mol. The van der Waals surface area contributed by atoms with Crippen LogP contribution in [0.15, 0.2) is 24.3 Å². The van der Waals surface area contributed by atoms with Crippen molar-refractivity contribution in [2.45, 2.75) is 0 Å². The molecule has 0 aliphatic rings. The average molecular weight is 294 g/mol. The maximum atomic E-state index is 14.3. The predicted octanol–water partition coefficient (Wildman–Crippen LogP) is 2.40. The Kier molecular flexibility index (Phi) is 4.02. The number of carbonyl (C=O) groups excluding carboxylic acids is 1. The number of nitrogens with zero attached hydrogens (tertiary/aromatic N) is 1. The van der Waals surface area contributed by atoms with Gasteiger partial charge in [0.25, 0.3) is 0 Å². The third kappa shape index (κ3) is 2.62. The zero-order chi connectivity index (χ0) is 15.6. The average Bonchev–Trinajstić information content (AvgIpc) is 2.50. The van der Waals surface area contributed by atoms with Crippen molar-refractivity contribution in [2.75, 3.05) is 20.0 Å². The Balaban J connectivity index is 2.69. The van der Waals surface area contributed by atoms with Gasteiger partial charge in [-0.25, -0.2) is 18.6 Å². The largest absolute Gasteiger partial charge is 0.492 e. The molecular formula is C14H12F2N2O3. The lowest BCUT2D eigenvalue weighted by molar-refractivity contribution is 0.0590. The summed E-state index contributed by atoms with van der Waals surface area (Å²) in [6.45, 7) is 0. The van der Waals surface area contributed by atoms with Gasteiger partial charge < -0.3 is 15.2 Å². The molecule has 1 heterocycles. The van der Waals surface area contributed by atoms with E-state index in [1.54, 1.807) is 0 Å². The van der Waals surface area contributed by atoms with E-state index in [-0.39, 0.29) is 28.4 Å². The quantitative estimate of drug-likeness (QED) is 0.880. The first-order valence-corrected chi connectivity index (χ1v) is 5.86. The molecule has 2 rings (SSSR count). The highest BCUT2D eigenvalue weighted by atomic mass is 19.1. The fourth-order valence-corrected chi connectivity index (χ4v) is 1.81. The summed E-state index contributed by atoms with van der Waals surface area (Å²) in [5, 5.41) is 0. The second-order valence-corrected chi connectivity index (χ2v) is 4.07. The van der Waals surface area contributed by atoms with Crippen LogP contribution in [-0.2, 0) is 4.74 Å². The first-order valence-electron chi connectivity index (χ1n) is 5.86. The molecule has 1 aromatic heterocycles. The molecule has 0 aliphatic carbocycles. The van der Waals surface area contributed by atoms with Crippen molar-refractivity contribution in [2.24, 2.45) is 0 Å². The third-order valence-electron chi connectivity index (χ3n) is 2.83. The van der Waals surface area contributed by atoms with E-state index in [0.717, 1.165) is 19.2 Å². The van der Waals surface area contributed by atoms with E-state index in [1.165, 1.54) is 19.2 Å². The predicted molar refractivity (Wildman–Crippen MR) is 71.9 cm³/mol. The van der Waals surface area contributed by atoms with Gasteiger partial charge in [-0.05, 0) is 24.3 Å². The number of rotatable bonds is 3. The lowest BCUT2D eigenvalue weighted by Gasteiger charge is -2.13. The molecule has 0 spiro atoms. The number of nitrogens with two attached hydrogens (primary N) is 1. The summed E-state index contributed by atoms with van der Waals surface area (Å²) < 4.78 is 36.7. The molecule has 21 heavy (non-hydrogen) atoms. The lowest BCUT2D eigenvalue weighted by Crippen LogP contribution is -2.12. The molecule has 0 bridgehead atoms. The van der Waals surface area contributed by atoms with E-state index in [9.17, 15) is 13.6 Å². The molecule has 0 aliphatic heterocycles. The van der Waals surface area contributed by atoms with Crippen LogP contribution >= 0.6 is 0 Å². The molecule has 0 amide bonds. The van der Waals surface area contributed by atoms with E-state index < -0.39 is 17.6 Å². The Hall–Kier alpha value is -2.70. The van der Waals surface area contributed by atoms with Crippen molar-refractivity contribution < 1.29 is 23.0 Å². The van der Waals surface area contributed by atoms with Crippen molar-refractivity contribution in [1.29, 1.82) is 0 Å². The number of pyridine rings is 1. The number of carbonyl (C=O) groups is 1. The molecule has 0 saturated heterocycles. The van der Waals surface area contributed by atoms with Gasteiger partial charge in [-0.3, -0.25) is 0 Å². The minimum absolute atomic E-state index is 0.186. The Morgan fingerprint density at radius 1 is 1.19 bits per heavy atom. The maximum Gasteiger partial charge on any atom is 0.360 e. The second kappa shape index (κ2) is 5.74. The number of aromatic nitrogens is 1. The summed E-state index contributed by atoms with van der Waals surface area (Å²) in [6.07, 6.45) is 0. The lowest BCUT2D eigenvalue weighted by atomic mass is 10.1. The van der Waals surface area contributed by atoms with Crippen LogP contribution in [-0.4, -0.2) is 25.2 Å². The monoisotopic (exact) mass is 294 g/mol. The van der Waals surface area contributed by atoms with E-state index in [4.69, 9.17) is 10.5 Å². The molecule has 1 aromatic carbocycles. The SMILES string of the molecule is COC(=O)c1nc(-c2ccc(F)cc2)c(F)c(N)c1OC. The highest BCUT2D eigenvalue weighted by Gasteiger charge is 2.24. The third-order valence-corrected chi connectivity index (χ3v) is 2.83. The van der Waals surface area contributed by atoms with Gasteiger partial charge in [0.2, 0.25) is 0 Å². The Labute approximate surface area is 119 Å². The normalized spacial score (nSPS) is 10.3. The molecule has 5 nitrogen and oxygen atoms in total. The standard InChI is InChI=1S/C14H12F2N2O3/c1-20-13-10(17)9(16)11(18-12(13)14(19)21-2)7-3-5-8(15)6-4-7/h3-6H,1-2H3,(H2,17,18). The van der Waals surface area contributed by atoms with Crippen LogP contribution in [0.5, 0.6) is 5.75 Å². The van der Waals surface area contributed by atoms with Crippen LogP contribution in [0.2, 0.25) is 0 Å². The van der Waals surface area contributed by atoms with Crippen LogP contribution in [0.25, 0.3) is 11.3 Å². The minimum Gasteiger partial charge on any atom is -0.492 e. The first-order chi connectivity index (χ1) is 9.99. The number of esters is 1. The highest BCUT2D eigenvalue weighted by Crippen LogP contribution is 2.34. The summed E-state index contributed by atoms with van der Waals surface area (Å²) in [6, 6.07) is 4.95. The summed E-state index contributed by atoms with van der Waals surface area (Å²) in [4.78, 5) is 15.6. The van der Waals surface area contributed by atoms with E-state index in [0.29, 0.717) is 0 Å². The molecule has 0 fully saturated rings. The zero-order valence-corrected chi connectivity index (χ0v) is 11.3. The van der Waals surface area contributed by atoms with Gasteiger partial charge in [0.05, 0.1) is 14.2 Å². The van der Waals surface area contributed by atoms with Gasteiger partial charge in [-0.2, -0.15) is 0 Å². The number of benzene rings is 1. The van der Waals surface area contributed by atoms with Gasteiger partial charge in [-0.1, -0.05) is 0 Å². The van der Waals surface area contributed by atoms with E-state index in [2.05, 4.69) is 9.72 Å².